The minimum atomic E-state index is 0.238. The Balaban J connectivity index is 1.64. The molecule has 0 saturated carbocycles. The van der Waals surface area contributed by atoms with Crippen molar-refractivity contribution in [2.45, 2.75) is 25.8 Å². The van der Waals surface area contributed by atoms with Crippen LogP contribution >= 0.6 is 23.1 Å². The van der Waals surface area contributed by atoms with Crippen molar-refractivity contribution in [3.8, 4) is 0 Å². The van der Waals surface area contributed by atoms with Crippen LogP contribution in [0.4, 0.5) is 0 Å². The molecule has 1 aliphatic rings. The quantitative estimate of drug-likeness (QED) is 0.784. The maximum absolute atomic E-state index is 12.1. The summed E-state index contributed by atoms with van der Waals surface area (Å²) >= 11 is 3.69. The van der Waals surface area contributed by atoms with E-state index in [9.17, 15) is 4.79 Å². The van der Waals surface area contributed by atoms with Crippen LogP contribution in [0.3, 0.4) is 0 Å². The summed E-state index contributed by atoms with van der Waals surface area (Å²) in [7, 11) is 0. The smallest absolute Gasteiger partial charge is 0.236 e. The number of amides is 1. The number of carbonyl (C=O) groups is 1. The third kappa shape index (κ3) is 4.51. The second-order valence-electron chi connectivity index (χ2n) is 4.81. The number of thioether (sulfide) groups is 1. The Kier molecular flexibility index (Phi) is 6.20. The molecule has 3 nitrogen and oxygen atoms in total. The average molecular weight is 298 g/mol. The van der Waals surface area contributed by atoms with Gasteiger partial charge in [-0.3, -0.25) is 4.79 Å². The van der Waals surface area contributed by atoms with Crippen molar-refractivity contribution in [1.29, 1.82) is 0 Å². The summed E-state index contributed by atoms with van der Waals surface area (Å²) in [6.07, 6.45) is 5.53. The van der Waals surface area contributed by atoms with Crippen molar-refractivity contribution in [2.75, 3.05) is 31.6 Å². The minimum Gasteiger partial charge on any atom is -0.337 e. The molecule has 0 atom stereocenters. The van der Waals surface area contributed by atoms with Gasteiger partial charge in [0.2, 0.25) is 5.91 Å². The largest absolute Gasteiger partial charge is 0.337 e. The van der Waals surface area contributed by atoms with Crippen LogP contribution in [0.5, 0.6) is 0 Å². The van der Waals surface area contributed by atoms with E-state index in [1.54, 1.807) is 0 Å². The van der Waals surface area contributed by atoms with Gasteiger partial charge in [-0.25, -0.2) is 0 Å². The lowest BCUT2D eigenvalue weighted by Gasteiger charge is -2.27. The highest BCUT2D eigenvalue weighted by Gasteiger charge is 2.20. The third-order valence-electron chi connectivity index (χ3n) is 3.39. The SMILES string of the molecule is CSCCCCNCC(=O)N1CCc2sccc2C1. The second kappa shape index (κ2) is 7.92. The molecule has 0 aromatic carbocycles. The third-order valence-corrected chi connectivity index (χ3v) is 5.11. The van der Waals surface area contributed by atoms with Crippen LogP contribution in [0.25, 0.3) is 0 Å². The zero-order chi connectivity index (χ0) is 13.5. The molecule has 1 aromatic rings. The molecule has 19 heavy (non-hydrogen) atoms. The predicted molar refractivity (Wildman–Crippen MR) is 83.9 cm³/mol. The molecule has 1 aliphatic heterocycles. The van der Waals surface area contributed by atoms with E-state index in [1.165, 1.54) is 22.6 Å². The molecule has 106 valence electrons. The fraction of sp³-hybridized carbons (Fsp3) is 0.643. The lowest BCUT2D eigenvalue weighted by molar-refractivity contribution is -0.131. The van der Waals surface area contributed by atoms with E-state index in [1.807, 2.05) is 28.0 Å². The Labute approximate surface area is 123 Å². The minimum absolute atomic E-state index is 0.238. The van der Waals surface area contributed by atoms with Crippen LogP contribution in [0.2, 0.25) is 0 Å². The fourth-order valence-corrected chi connectivity index (χ4v) is 3.65. The van der Waals surface area contributed by atoms with Crippen LogP contribution < -0.4 is 5.32 Å². The number of hydrogen-bond donors (Lipinski definition) is 1. The molecule has 0 unspecified atom stereocenters. The van der Waals surface area contributed by atoms with Gasteiger partial charge < -0.3 is 10.2 Å². The number of thiophene rings is 1. The molecule has 1 amide bonds. The van der Waals surface area contributed by atoms with Crippen LogP contribution in [-0.2, 0) is 17.8 Å². The van der Waals surface area contributed by atoms with E-state index in [0.717, 1.165) is 32.5 Å². The fourth-order valence-electron chi connectivity index (χ4n) is 2.26. The lowest BCUT2D eigenvalue weighted by atomic mass is 10.1. The van der Waals surface area contributed by atoms with E-state index in [2.05, 4.69) is 23.0 Å². The number of rotatable bonds is 7. The molecule has 0 aliphatic carbocycles. The van der Waals surface area contributed by atoms with Gasteiger partial charge in [-0.1, -0.05) is 0 Å². The van der Waals surface area contributed by atoms with Gasteiger partial charge in [-0.2, -0.15) is 11.8 Å². The Morgan fingerprint density at radius 3 is 3.26 bits per heavy atom. The van der Waals surface area contributed by atoms with Gasteiger partial charge in [-0.15, -0.1) is 11.3 Å². The number of carbonyl (C=O) groups excluding carboxylic acids is 1. The lowest BCUT2D eigenvalue weighted by Crippen LogP contribution is -2.41. The first-order chi connectivity index (χ1) is 9.31. The number of nitrogens with zero attached hydrogens (tertiary/aromatic N) is 1. The van der Waals surface area contributed by atoms with Gasteiger partial charge in [0.1, 0.15) is 0 Å². The Hall–Kier alpha value is -0.520. The van der Waals surface area contributed by atoms with Gasteiger partial charge in [-0.05, 0) is 54.8 Å². The molecule has 0 spiro atoms. The van der Waals surface area contributed by atoms with E-state index >= 15 is 0 Å². The van der Waals surface area contributed by atoms with E-state index in [4.69, 9.17) is 0 Å². The van der Waals surface area contributed by atoms with Crippen molar-refractivity contribution >= 4 is 29.0 Å². The van der Waals surface area contributed by atoms with Crippen molar-refractivity contribution in [3.63, 3.8) is 0 Å². The Morgan fingerprint density at radius 1 is 1.53 bits per heavy atom. The number of hydrogen-bond acceptors (Lipinski definition) is 4. The monoisotopic (exact) mass is 298 g/mol. The molecule has 2 rings (SSSR count). The molecule has 0 bridgehead atoms. The van der Waals surface area contributed by atoms with E-state index < -0.39 is 0 Å². The summed E-state index contributed by atoms with van der Waals surface area (Å²) in [5.41, 5.74) is 1.34. The molecule has 2 heterocycles. The average Bonchev–Trinajstić information content (AvgIpc) is 2.89. The highest BCUT2D eigenvalue weighted by atomic mass is 32.2. The zero-order valence-corrected chi connectivity index (χ0v) is 13.1. The van der Waals surface area contributed by atoms with Crippen molar-refractivity contribution in [1.82, 2.24) is 10.2 Å². The molecule has 0 radical (unpaired) electrons. The highest BCUT2D eigenvalue weighted by Crippen LogP contribution is 2.23. The first kappa shape index (κ1) is 14.9. The molecular formula is C14H22N2OS2. The Bertz CT molecular complexity index is 406. The van der Waals surface area contributed by atoms with Crippen LogP contribution in [-0.4, -0.2) is 42.4 Å². The summed E-state index contributed by atoms with van der Waals surface area (Å²) in [5.74, 6) is 1.45. The molecular weight excluding hydrogens is 276 g/mol. The predicted octanol–water partition coefficient (Wildman–Crippen LogP) is 2.37. The molecule has 0 fully saturated rings. The first-order valence-corrected chi connectivity index (χ1v) is 9.11. The number of nitrogens with one attached hydrogen (secondary N) is 1. The second-order valence-corrected chi connectivity index (χ2v) is 6.80. The molecule has 5 heteroatoms. The Morgan fingerprint density at radius 2 is 2.42 bits per heavy atom. The van der Waals surface area contributed by atoms with E-state index in [-0.39, 0.29) is 5.91 Å². The van der Waals surface area contributed by atoms with E-state index in [0.29, 0.717) is 6.54 Å². The summed E-state index contributed by atoms with van der Waals surface area (Å²) in [6.45, 7) is 3.11. The topological polar surface area (TPSA) is 32.3 Å². The highest BCUT2D eigenvalue weighted by molar-refractivity contribution is 7.98. The maximum atomic E-state index is 12.1. The van der Waals surface area contributed by atoms with Gasteiger partial charge in [0.15, 0.2) is 0 Å². The standard InChI is InChI=1S/C14H22N2OS2/c1-18-8-3-2-6-15-10-14(17)16-7-4-13-12(11-16)5-9-19-13/h5,9,15H,2-4,6-8,10-11H2,1H3. The van der Waals surface area contributed by atoms with Gasteiger partial charge in [0.05, 0.1) is 6.54 Å². The molecule has 1 aromatic heterocycles. The van der Waals surface area contributed by atoms with Gasteiger partial charge >= 0.3 is 0 Å². The summed E-state index contributed by atoms with van der Waals surface area (Å²) in [5, 5.41) is 5.39. The van der Waals surface area contributed by atoms with Crippen LogP contribution in [0.1, 0.15) is 23.3 Å². The van der Waals surface area contributed by atoms with Crippen molar-refractivity contribution < 1.29 is 4.79 Å². The summed E-state index contributed by atoms with van der Waals surface area (Å²) in [6, 6.07) is 2.15. The first-order valence-electron chi connectivity index (χ1n) is 6.84. The normalized spacial score (nSPS) is 14.5. The zero-order valence-electron chi connectivity index (χ0n) is 11.5. The van der Waals surface area contributed by atoms with Crippen LogP contribution in [0.15, 0.2) is 11.4 Å². The number of fused-ring (bicyclic) bond motifs is 1. The van der Waals surface area contributed by atoms with Crippen molar-refractivity contribution in [2.24, 2.45) is 0 Å². The summed E-state index contributed by atoms with van der Waals surface area (Å²) < 4.78 is 0. The maximum Gasteiger partial charge on any atom is 0.236 e. The van der Waals surface area contributed by atoms with Gasteiger partial charge in [0.25, 0.3) is 0 Å². The van der Waals surface area contributed by atoms with Crippen molar-refractivity contribution in [3.05, 3.63) is 21.9 Å². The van der Waals surface area contributed by atoms with Gasteiger partial charge in [0, 0.05) is 18.0 Å². The molecule has 1 N–H and O–H groups in total. The number of unbranched alkanes of at least 4 members (excludes halogenated alkanes) is 1. The van der Waals surface area contributed by atoms with Crippen LogP contribution in [0, 0.1) is 0 Å². The molecule has 0 saturated heterocycles. The summed E-state index contributed by atoms with van der Waals surface area (Å²) in [4.78, 5) is 15.5.